The minimum Gasteiger partial charge on any atom is -0.354 e. The average molecular weight is 271 g/mol. The third-order valence-corrected chi connectivity index (χ3v) is 3.12. The van der Waals surface area contributed by atoms with E-state index < -0.39 is 0 Å². The van der Waals surface area contributed by atoms with Gasteiger partial charge in [-0.1, -0.05) is 6.07 Å². The van der Waals surface area contributed by atoms with Crippen LogP contribution in [0.3, 0.4) is 0 Å². The van der Waals surface area contributed by atoms with E-state index >= 15 is 0 Å². The van der Waals surface area contributed by atoms with Crippen LogP contribution in [-0.4, -0.2) is 36.1 Å². The van der Waals surface area contributed by atoms with E-state index in [2.05, 4.69) is 32.8 Å². The Hall–Kier alpha value is -2.17. The molecule has 5 nitrogen and oxygen atoms in total. The molecule has 0 saturated carbocycles. The summed E-state index contributed by atoms with van der Waals surface area (Å²) in [5.74, 6) is 1.64. The highest BCUT2D eigenvalue weighted by Gasteiger charge is 2.10. The first-order chi connectivity index (χ1) is 9.47. The predicted molar refractivity (Wildman–Crippen MR) is 82.2 cm³/mol. The van der Waals surface area contributed by atoms with E-state index in [1.54, 1.807) is 0 Å². The normalized spacial score (nSPS) is 10.4. The van der Waals surface area contributed by atoms with Crippen LogP contribution in [0, 0.1) is 13.8 Å². The lowest BCUT2D eigenvalue weighted by molar-refractivity contribution is 0.843. The minimum absolute atomic E-state index is 0.726. The monoisotopic (exact) mass is 271 g/mol. The van der Waals surface area contributed by atoms with Crippen LogP contribution in [-0.2, 0) is 6.54 Å². The maximum atomic E-state index is 4.57. The zero-order valence-electron chi connectivity index (χ0n) is 12.8. The van der Waals surface area contributed by atoms with Gasteiger partial charge in [-0.3, -0.25) is 4.98 Å². The molecule has 0 aliphatic heterocycles. The van der Waals surface area contributed by atoms with Crippen molar-refractivity contribution >= 4 is 11.8 Å². The zero-order valence-corrected chi connectivity index (χ0v) is 12.8. The molecule has 106 valence electrons. The standard InChI is InChI=1S/C15H21N5/c1-11-7-6-8-16-13(11)10-20(5)14-9-12(2)17-15(18-14)19(3)4/h6-9H,10H2,1-5H3. The summed E-state index contributed by atoms with van der Waals surface area (Å²) in [6.07, 6.45) is 1.83. The fourth-order valence-electron chi connectivity index (χ4n) is 1.92. The Bertz CT molecular complexity index is 595. The van der Waals surface area contributed by atoms with Gasteiger partial charge < -0.3 is 9.80 Å². The lowest BCUT2D eigenvalue weighted by Crippen LogP contribution is -2.21. The lowest BCUT2D eigenvalue weighted by atomic mass is 10.2. The van der Waals surface area contributed by atoms with Crippen LogP contribution in [0.2, 0.25) is 0 Å². The summed E-state index contributed by atoms with van der Waals surface area (Å²) in [7, 11) is 5.91. The van der Waals surface area contributed by atoms with Crippen molar-refractivity contribution in [2.75, 3.05) is 30.9 Å². The molecule has 0 spiro atoms. The van der Waals surface area contributed by atoms with Crippen LogP contribution in [0.1, 0.15) is 17.0 Å². The van der Waals surface area contributed by atoms with Crippen LogP contribution in [0.4, 0.5) is 11.8 Å². The molecule has 0 N–H and O–H groups in total. The fraction of sp³-hybridized carbons (Fsp3) is 0.400. The van der Waals surface area contributed by atoms with Crippen molar-refractivity contribution in [2.45, 2.75) is 20.4 Å². The molecule has 0 bridgehead atoms. The SMILES string of the molecule is Cc1cc(N(C)Cc2ncccc2C)nc(N(C)C)n1. The Morgan fingerprint density at radius 2 is 1.85 bits per heavy atom. The molecule has 2 aromatic rings. The molecule has 20 heavy (non-hydrogen) atoms. The number of hydrogen-bond donors (Lipinski definition) is 0. The third-order valence-electron chi connectivity index (χ3n) is 3.12. The Morgan fingerprint density at radius 1 is 1.10 bits per heavy atom. The molecule has 0 aliphatic rings. The second kappa shape index (κ2) is 5.86. The van der Waals surface area contributed by atoms with Gasteiger partial charge in [0.2, 0.25) is 5.95 Å². The van der Waals surface area contributed by atoms with Crippen LogP contribution in [0.15, 0.2) is 24.4 Å². The first-order valence-electron chi connectivity index (χ1n) is 6.62. The highest BCUT2D eigenvalue weighted by molar-refractivity contribution is 5.45. The van der Waals surface area contributed by atoms with Gasteiger partial charge >= 0.3 is 0 Å². The fourth-order valence-corrected chi connectivity index (χ4v) is 1.92. The van der Waals surface area contributed by atoms with E-state index in [4.69, 9.17) is 0 Å². The molecule has 0 saturated heterocycles. The molecule has 0 radical (unpaired) electrons. The smallest absolute Gasteiger partial charge is 0.226 e. The van der Waals surface area contributed by atoms with E-state index in [0.717, 1.165) is 29.7 Å². The zero-order chi connectivity index (χ0) is 14.7. The molecular weight excluding hydrogens is 250 g/mol. The van der Waals surface area contributed by atoms with Crippen molar-refractivity contribution < 1.29 is 0 Å². The van der Waals surface area contributed by atoms with Crippen LogP contribution < -0.4 is 9.80 Å². The van der Waals surface area contributed by atoms with E-state index in [-0.39, 0.29) is 0 Å². The summed E-state index contributed by atoms with van der Waals surface area (Å²) >= 11 is 0. The van der Waals surface area contributed by atoms with Gasteiger partial charge in [0.15, 0.2) is 0 Å². The van der Waals surface area contributed by atoms with E-state index in [1.165, 1.54) is 5.56 Å². The second-order valence-electron chi connectivity index (χ2n) is 5.19. The van der Waals surface area contributed by atoms with Crippen molar-refractivity contribution in [1.82, 2.24) is 15.0 Å². The van der Waals surface area contributed by atoms with Gasteiger partial charge in [0, 0.05) is 39.1 Å². The molecule has 5 heteroatoms. The average Bonchev–Trinajstić information content (AvgIpc) is 2.40. The summed E-state index contributed by atoms with van der Waals surface area (Å²) in [5, 5.41) is 0. The Labute approximate surface area is 120 Å². The van der Waals surface area contributed by atoms with E-state index in [1.807, 2.05) is 51.3 Å². The van der Waals surface area contributed by atoms with Crippen LogP contribution >= 0.6 is 0 Å². The Morgan fingerprint density at radius 3 is 2.50 bits per heavy atom. The Kier molecular flexibility index (Phi) is 4.17. The van der Waals surface area contributed by atoms with Crippen molar-refractivity contribution in [3.63, 3.8) is 0 Å². The van der Waals surface area contributed by atoms with Gasteiger partial charge in [-0.2, -0.15) is 4.98 Å². The molecule has 0 unspecified atom stereocenters. The molecule has 0 fully saturated rings. The van der Waals surface area contributed by atoms with Gasteiger partial charge in [-0.15, -0.1) is 0 Å². The van der Waals surface area contributed by atoms with Gasteiger partial charge in [-0.25, -0.2) is 4.98 Å². The largest absolute Gasteiger partial charge is 0.354 e. The lowest BCUT2D eigenvalue weighted by Gasteiger charge is -2.21. The number of hydrogen-bond acceptors (Lipinski definition) is 5. The minimum atomic E-state index is 0.726. The summed E-state index contributed by atoms with van der Waals surface area (Å²) in [5.41, 5.74) is 3.22. The van der Waals surface area contributed by atoms with Crippen molar-refractivity contribution in [3.05, 3.63) is 41.3 Å². The number of anilines is 2. The van der Waals surface area contributed by atoms with Crippen molar-refractivity contribution in [3.8, 4) is 0 Å². The number of aryl methyl sites for hydroxylation is 2. The molecule has 2 aromatic heterocycles. The first kappa shape index (κ1) is 14.2. The predicted octanol–water partition coefficient (Wildman–Crippen LogP) is 2.19. The topological polar surface area (TPSA) is 45.2 Å². The summed E-state index contributed by atoms with van der Waals surface area (Å²) in [4.78, 5) is 17.4. The summed E-state index contributed by atoms with van der Waals surface area (Å²) in [6, 6.07) is 6.02. The molecule has 0 atom stereocenters. The highest BCUT2D eigenvalue weighted by Crippen LogP contribution is 2.17. The molecule has 2 heterocycles. The van der Waals surface area contributed by atoms with Crippen molar-refractivity contribution in [1.29, 1.82) is 0 Å². The first-order valence-corrected chi connectivity index (χ1v) is 6.62. The number of pyridine rings is 1. The van der Waals surface area contributed by atoms with Gasteiger partial charge in [0.25, 0.3) is 0 Å². The van der Waals surface area contributed by atoms with Crippen molar-refractivity contribution in [2.24, 2.45) is 0 Å². The quantitative estimate of drug-likeness (QED) is 0.853. The molecule has 0 amide bonds. The highest BCUT2D eigenvalue weighted by atomic mass is 15.3. The molecule has 2 rings (SSSR count). The number of rotatable bonds is 4. The third kappa shape index (κ3) is 3.23. The maximum Gasteiger partial charge on any atom is 0.226 e. The molecule has 0 aliphatic carbocycles. The maximum absolute atomic E-state index is 4.57. The van der Waals surface area contributed by atoms with Gasteiger partial charge in [0.1, 0.15) is 5.82 Å². The van der Waals surface area contributed by atoms with Gasteiger partial charge in [0.05, 0.1) is 12.2 Å². The number of aromatic nitrogens is 3. The van der Waals surface area contributed by atoms with Gasteiger partial charge in [-0.05, 0) is 25.5 Å². The van der Waals surface area contributed by atoms with E-state index in [9.17, 15) is 0 Å². The molecule has 0 aromatic carbocycles. The Balaban J connectivity index is 2.25. The van der Waals surface area contributed by atoms with Crippen LogP contribution in [0.5, 0.6) is 0 Å². The number of nitrogens with zero attached hydrogens (tertiary/aromatic N) is 5. The molecular formula is C15H21N5. The second-order valence-corrected chi connectivity index (χ2v) is 5.19. The summed E-state index contributed by atoms with van der Waals surface area (Å²) < 4.78 is 0. The van der Waals surface area contributed by atoms with E-state index in [0.29, 0.717) is 0 Å². The summed E-state index contributed by atoms with van der Waals surface area (Å²) in [6.45, 7) is 4.79. The van der Waals surface area contributed by atoms with Crippen LogP contribution in [0.25, 0.3) is 0 Å².